The largest absolute Gasteiger partial charge is 0.493 e. The molecule has 1 amide bonds. The molecule has 0 fully saturated rings. The third-order valence-corrected chi connectivity index (χ3v) is 4.69. The topological polar surface area (TPSA) is 65.4 Å². The SMILES string of the molecule is O=C(Cc1ccc2c(c1)CCCO2)Nc1ccc(F)cc1OCCn1cccn1. The van der Waals surface area contributed by atoms with Crippen LogP contribution >= 0.6 is 0 Å². The Morgan fingerprint density at radius 2 is 2.21 bits per heavy atom. The minimum atomic E-state index is -0.424. The molecule has 0 saturated heterocycles. The molecule has 1 aliphatic rings. The van der Waals surface area contributed by atoms with Gasteiger partial charge < -0.3 is 14.8 Å². The maximum absolute atomic E-state index is 13.7. The lowest BCUT2D eigenvalue weighted by molar-refractivity contribution is -0.115. The summed E-state index contributed by atoms with van der Waals surface area (Å²) in [5.74, 6) is 0.577. The fourth-order valence-electron chi connectivity index (χ4n) is 3.30. The van der Waals surface area contributed by atoms with E-state index in [9.17, 15) is 9.18 Å². The van der Waals surface area contributed by atoms with E-state index in [1.807, 2.05) is 30.5 Å². The van der Waals surface area contributed by atoms with Crippen molar-refractivity contribution >= 4 is 11.6 Å². The van der Waals surface area contributed by atoms with Gasteiger partial charge in [0.05, 0.1) is 25.3 Å². The number of carbonyl (C=O) groups excluding carboxylic acids is 1. The van der Waals surface area contributed by atoms with Crippen molar-refractivity contribution in [2.75, 3.05) is 18.5 Å². The van der Waals surface area contributed by atoms with E-state index in [1.165, 1.54) is 18.2 Å². The summed E-state index contributed by atoms with van der Waals surface area (Å²) in [7, 11) is 0. The van der Waals surface area contributed by atoms with Crippen molar-refractivity contribution in [3.05, 3.63) is 71.8 Å². The molecular weight excluding hydrogens is 373 g/mol. The zero-order chi connectivity index (χ0) is 20.1. The molecule has 0 aliphatic carbocycles. The van der Waals surface area contributed by atoms with Crippen LogP contribution in [0.4, 0.5) is 10.1 Å². The Kier molecular flexibility index (Phi) is 5.74. The molecule has 1 aromatic heterocycles. The number of benzene rings is 2. The number of nitrogens with one attached hydrogen (secondary N) is 1. The van der Waals surface area contributed by atoms with E-state index in [-0.39, 0.29) is 12.3 Å². The second-order valence-corrected chi connectivity index (χ2v) is 6.88. The van der Waals surface area contributed by atoms with Gasteiger partial charge in [-0.2, -0.15) is 5.10 Å². The number of nitrogens with zero attached hydrogens (tertiary/aromatic N) is 2. The Morgan fingerprint density at radius 1 is 1.28 bits per heavy atom. The number of hydrogen-bond donors (Lipinski definition) is 1. The highest BCUT2D eigenvalue weighted by molar-refractivity contribution is 5.93. The van der Waals surface area contributed by atoms with Crippen LogP contribution in [0.2, 0.25) is 0 Å². The molecule has 0 saturated carbocycles. The summed E-state index contributed by atoms with van der Waals surface area (Å²) in [6, 6.07) is 11.7. The summed E-state index contributed by atoms with van der Waals surface area (Å²) in [5.41, 5.74) is 2.49. The molecular formula is C22H22FN3O3. The van der Waals surface area contributed by atoms with Crippen molar-refractivity contribution < 1.29 is 18.7 Å². The first kappa shape index (κ1) is 19.0. The van der Waals surface area contributed by atoms with E-state index in [4.69, 9.17) is 9.47 Å². The first-order valence-electron chi connectivity index (χ1n) is 9.61. The van der Waals surface area contributed by atoms with Gasteiger partial charge in [-0.3, -0.25) is 9.48 Å². The number of aromatic nitrogens is 2. The van der Waals surface area contributed by atoms with Gasteiger partial charge >= 0.3 is 0 Å². The van der Waals surface area contributed by atoms with Crippen LogP contribution in [0.5, 0.6) is 11.5 Å². The molecule has 6 nitrogen and oxygen atoms in total. The van der Waals surface area contributed by atoms with Crippen LogP contribution in [0, 0.1) is 5.82 Å². The zero-order valence-corrected chi connectivity index (χ0v) is 15.9. The number of amides is 1. The average Bonchev–Trinajstić information content (AvgIpc) is 3.23. The molecule has 0 bridgehead atoms. The first-order chi connectivity index (χ1) is 14.2. The fraction of sp³-hybridized carbons (Fsp3) is 0.273. The van der Waals surface area contributed by atoms with E-state index < -0.39 is 5.82 Å². The zero-order valence-electron chi connectivity index (χ0n) is 15.9. The Hall–Kier alpha value is -3.35. The second kappa shape index (κ2) is 8.77. The van der Waals surface area contributed by atoms with Crippen molar-refractivity contribution in [1.29, 1.82) is 0 Å². The number of ether oxygens (including phenoxy) is 2. The van der Waals surface area contributed by atoms with Crippen molar-refractivity contribution in [2.45, 2.75) is 25.8 Å². The minimum Gasteiger partial charge on any atom is -0.493 e. The van der Waals surface area contributed by atoms with Crippen LogP contribution in [0.25, 0.3) is 0 Å². The number of fused-ring (bicyclic) bond motifs is 1. The number of carbonyl (C=O) groups is 1. The van der Waals surface area contributed by atoms with Crippen LogP contribution in [-0.2, 0) is 24.2 Å². The number of rotatable bonds is 7. The van der Waals surface area contributed by atoms with Gasteiger partial charge in [-0.15, -0.1) is 0 Å². The normalized spacial score (nSPS) is 12.7. The maximum atomic E-state index is 13.7. The molecule has 0 atom stereocenters. The van der Waals surface area contributed by atoms with Gasteiger partial charge in [0, 0.05) is 18.5 Å². The van der Waals surface area contributed by atoms with Crippen LogP contribution in [0.15, 0.2) is 54.9 Å². The molecule has 3 aromatic rings. The number of aryl methyl sites for hydroxylation is 1. The van der Waals surface area contributed by atoms with Gasteiger partial charge in [-0.1, -0.05) is 12.1 Å². The Balaban J connectivity index is 1.39. The fourth-order valence-corrected chi connectivity index (χ4v) is 3.30. The average molecular weight is 395 g/mol. The molecule has 4 rings (SSSR count). The number of hydrogen-bond acceptors (Lipinski definition) is 4. The molecule has 2 aromatic carbocycles. The lowest BCUT2D eigenvalue weighted by Gasteiger charge is -2.18. The minimum absolute atomic E-state index is 0.190. The molecule has 0 unspecified atom stereocenters. The third kappa shape index (κ3) is 4.93. The van der Waals surface area contributed by atoms with Crippen LogP contribution < -0.4 is 14.8 Å². The number of anilines is 1. The standard InChI is InChI=1S/C22H22FN3O3/c23-18-5-6-19(21(15-18)29-12-10-26-9-2-8-24-26)25-22(27)14-16-4-7-20-17(13-16)3-1-11-28-20/h2,4-9,13,15H,1,3,10-12,14H2,(H,25,27). The first-order valence-corrected chi connectivity index (χ1v) is 9.61. The molecule has 0 radical (unpaired) electrons. The molecule has 1 aliphatic heterocycles. The third-order valence-electron chi connectivity index (χ3n) is 4.69. The quantitative estimate of drug-likeness (QED) is 0.664. The van der Waals surface area contributed by atoms with E-state index >= 15 is 0 Å². The van der Waals surface area contributed by atoms with Crippen molar-refractivity contribution in [2.24, 2.45) is 0 Å². The highest BCUT2D eigenvalue weighted by Crippen LogP contribution is 2.27. The lowest BCUT2D eigenvalue weighted by Crippen LogP contribution is -2.17. The maximum Gasteiger partial charge on any atom is 0.228 e. The number of halogens is 1. The van der Waals surface area contributed by atoms with Gasteiger partial charge in [0.2, 0.25) is 5.91 Å². The summed E-state index contributed by atoms with van der Waals surface area (Å²) in [5, 5.41) is 6.92. The van der Waals surface area contributed by atoms with Gasteiger partial charge in [-0.05, 0) is 48.2 Å². The van der Waals surface area contributed by atoms with E-state index in [0.717, 1.165) is 36.3 Å². The molecule has 0 spiro atoms. The highest BCUT2D eigenvalue weighted by atomic mass is 19.1. The predicted molar refractivity (Wildman–Crippen MR) is 107 cm³/mol. The van der Waals surface area contributed by atoms with Crippen molar-refractivity contribution in [3.63, 3.8) is 0 Å². The summed E-state index contributed by atoms with van der Waals surface area (Å²) in [6.07, 6.45) is 5.66. The van der Waals surface area contributed by atoms with Crippen LogP contribution in [0.3, 0.4) is 0 Å². The molecule has 1 N–H and O–H groups in total. The molecule has 150 valence electrons. The summed E-state index contributed by atoms with van der Waals surface area (Å²) < 4.78 is 26.7. The van der Waals surface area contributed by atoms with E-state index in [2.05, 4.69) is 10.4 Å². The highest BCUT2D eigenvalue weighted by Gasteiger charge is 2.14. The molecule has 29 heavy (non-hydrogen) atoms. The Bertz CT molecular complexity index is 989. The Morgan fingerprint density at radius 3 is 3.07 bits per heavy atom. The molecule has 2 heterocycles. The second-order valence-electron chi connectivity index (χ2n) is 6.88. The van der Waals surface area contributed by atoms with Crippen LogP contribution in [-0.4, -0.2) is 28.9 Å². The predicted octanol–water partition coefficient (Wildman–Crippen LogP) is 3.61. The summed E-state index contributed by atoms with van der Waals surface area (Å²) >= 11 is 0. The van der Waals surface area contributed by atoms with Gasteiger partial charge in [0.1, 0.15) is 23.9 Å². The van der Waals surface area contributed by atoms with Gasteiger partial charge in [0.25, 0.3) is 0 Å². The van der Waals surface area contributed by atoms with Gasteiger partial charge in [-0.25, -0.2) is 4.39 Å². The van der Waals surface area contributed by atoms with Crippen molar-refractivity contribution in [3.8, 4) is 11.5 Å². The Labute approximate surface area is 168 Å². The van der Waals surface area contributed by atoms with E-state index in [0.29, 0.717) is 24.6 Å². The monoisotopic (exact) mass is 395 g/mol. The summed E-state index contributed by atoms with van der Waals surface area (Å²) in [6.45, 7) is 1.56. The smallest absolute Gasteiger partial charge is 0.228 e. The van der Waals surface area contributed by atoms with E-state index in [1.54, 1.807) is 10.9 Å². The molecule has 7 heteroatoms. The van der Waals surface area contributed by atoms with Crippen LogP contribution in [0.1, 0.15) is 17.5 Å². The van der Waals surface area contributed by atoms with Crippen molar-refractivity contribution in [1.82, 2.24) is 9.78 Å². The lowest BCUT2D eigenvalue weighted by atomic mass is 10.0. The van der Waals surface area contributed by atoms with Gasteiger partial charge in [0.15, 0.2) is 0 Å². The summed E-state index contributed by atoms with van der Waals surface area (Å²) in [4.78, 5) is 12.5.